The number of aliphatic hydroxyl groups excluding tert-OH is 1. The summed E-state index contributed by atoms with van der Waals surface area (Å²) >= 11 is 0. The second-order valence-corrected chi connectivity index (χ2v) is 5.57. The first-order valence-corrected chi connectivity index (χ1v) is 7.18. The monoisotopic (exact) mass is 290 g/mol. The summed E-state index contributed by atoms with van der Waals surface area (Å²) in [6.45, 7) is 2.65. The summed E-state index contributed by atoms with van der Waals surface area (Å²) < 4.78 is 40.8. The molecule has 0 aromatic carbocycles. The number of hydrogen-bond donors (Lipinski definition) is 1. The molecule has 1 saturated carbocycles. The summed E-state index contributed by atoms with van der Waals surface area (Å²) in [6.07, 6.45) is 0.455. The molecule has 0 spiro atoms. The molecule has 0 radical (unpaired) electrons. The number of nitrogens with zero attached hydrogens (tertiary/aromatic N) is 2. The zero-order valence-electron chi connectivity index (χ0n) is 11.6. The van der Waals surface area contributed by atoms with Crippen molar-refractivity contribution in [3.05, 3.63) is 18.0 Å². The lowest BCUT2D eigenvalue weighted by Crippen LogP contribution is -2.40. The van der Waals surface area contributed by atoms with Gasteiger partial charge in [-0.3, -0.25) is 4.68 Å². The SMILES string of the molecule is CCn1cc(CC(O)C2CCCCC2C(F)(F)F)cn1. The molecule has 20 heavy (non-hydrogen) atoms. The Bertz CT molecular complexity index is 430. The minimum atomic E-state index is -4.21. The molecule has 3 atom stereocenters. The molecule has 0 amide bonds. The lowest BCUT2D eigenvalue weighted by atomic mass is 9.74. The fourth-order valence-electron chi connectivity index (χ4n) is 3.10. The third kappa shape index (κ3) is 3.53. The standard InChI is InChI=1S/C14H21F3N2O/c1-2-19-9-10(8-18-19)7-13(20)11-5-3-4-6-12(11)14(15,16)17/h8-9,11-13,20H,2-7H2,1H3. The molecule has 1 aliphatic carbocycles. The van der Waals surface area contributed by atoms with E-state index in [1.807, 2.05) is 6.92 Å². The van der Waals surface area contributed by atoms with Gasteiger partial charge in [-0.1, -0.05) is 12.8 Å². The highest BCUT2D eigenvalue weighted by Crippen LogP contribution is 2.43. The van der Waals surface area contributed by atoms with Crippen LogP contribution in [0.3, 0.4) is 0 Å². The van der Waals surface area contributed by atoms with Crippen LogP contribution in [0.15, 0.2) is 12.4 Å². The molecule has 3 unspecified atom stereocenters. The van der Waals surface area contributed by atoms with Crippen LogP contribution in [0.5, 0.6) is 0 Å². The summed E-state index contributed by atoms with van der Waals surface area (Å²) in [6, 6.07) is 0. The van der Waals surface area contributed by atoms with Crippen LogP contribution < -0.4 is 0 Å². The largest absolute Gasteiger partial charge is 0.392 e. The molecule has 2 rings (SSSR count). The first kappa shape index (κ1) is 15.4. The van der Waals surface area contributed by atoms with E-state index in [4.69, 9.17) is 0 Å². The Morgan fingerprint density at radius 3 is 2.70 bits per heavy atom. The number of halogens is 3. The van der Waals surface area contributed by atoms with Crippen molar-refractivity contribution in [3.8, 4) is 0 Å². The van der Waals surface area contributed by atoms with Crippen molar-refractivity contribution >= 4 is 0 Å². The Morgan fingerprint density at radius 1 is 1.40 bits per heavy atom. The second-order valence-electron chi connectivity index (χ2n) is 5.57. The van der Waals surface area contributed by atoms with Gasteiger partial charge in [0.1, 0.15) is 0 Å². The predicted octanol–water partition coefficient (Wildman–Crippen LogP) is 3.18. The van der Waals surface area contributed by atoms with Crippen molar-refractivity contribution in [2.24, 2.45) is 11.8 Å². The molecule has 1 aliphatic rings. The van der Waals surface area contributed by atoms with Crippen LogP contribution in [0, 0.1) is 11.8 Å². The van der Waals surface area contributed by atoms with E-state index in [2.05, 4.69) is 5.10 Å². The van der Waals surface area contributed by atoms with E-state index in [1.54, 1.807) is 17.1 Å². The molecule has 1 aromatic rings. The zero-order chi connectivity index (χ0) is 14.8. The van der Waals surface area contributed by atoms with Crippen LogP contribution in [0.25, 0.3) is 0 Å². The van der Waals surface area contributed by atoms with Gasteiger partial charge in [-0.05, 0) is 31.2 Å². The van der Waals surface area contributed by atoms with Gasteiger partial charge < -0.3 is 5.11 Å². The Hall–Kier alpha value is -1.04. The summed E-state index contributed by atoms with van der Waals surface area (Å²) in [7, 11) is 0. The quantitative estimate of drug-likeness (QED) is 0.925. The highest BCUT2D eigenvalue weighted by molar-refractivity contribution is 5.06. The maximum Gasteiger partial charge on any atom is 0.392 e. The number of hydrogen-bond acceptors (Lipinski definition) is 2. The Labute approximate surface area is 116 Å². The molecule has 1 heterocycles. The minimum Gasteiger partial charge on any atom is -0.392 e. The molecule has 0 bridgehead atoms. The van der Waals surface area contributed by atoms with Crippen LogP contribution in [0.4, 0.5) is 13.2 Å². The highest BCUT2D eigenvalue weighted by Gasteiger charge is 2.47. The third-order valence-corrected chi connectivity index (χ3v) is 4.19. The van der Waals surface area contributed by atoms with Crippen LogP contribution in [0.1, 0.15) is 38.2 Å². The highest BCUT2D eigenvalue weighted by atomic mass is 19.4. The average molecular weight is 290 g/mol. The van der Waals surface area contributed by atoms with E-state index < -0.39 is 24.1 Å². The molecule has 3 nitrogen and oxygen atoms in total. The van der Waals surface area contributed by atoms with Crippen LogP contribution in [-0.4, -0.2) is 27.2 Å². The second kappa shape index (κ2) is 6.16. The summed E-state index contributed by atoms with van der Waals surface area (Å²) in [5, 5.41) is 14.3. The molecule has 0 aliphatic heterocycles. The van der Waals surface area contributed by atoms with E-state index in [0.717, 1.165) is 12.0 Å². The van der Waals surface area contributed by atoms with Gasteiger partial charge in [0, 0.05) is 19.2 Å². The summed E-state index contributed by atoms with van der Waals surface area (Å²) in [5.74, 6) is -2.05. The van der Waals surface area contributed by atoms with E-state index in [1.165, 1.54) is 0 Å². The Morgan fingerprint density at radius 2 is 2.10 bits per heavy atom. The van der Waals surface area contributed by atoms with Gasteiger partial charge >= 0.3 is 6.18 Å². The average Bonchev–Trinajstić information content (AvgIpc) is 2.85. The number of rotatable bonds is 4. The van der Waals surface area contributed by atoms with Gasteiger partial charge in [0.05, 0.1) is 18.2 Å². The minimum absolute atomic E-state index is 0.138. The molecule has 1 fully saturated rings. The summed E-state index contributed by atoms with van der Waals surface area (Å²) in [5.41, 5.74) is 0.797. The predicted molar refractivity (Wildman–Crippen MR) is 69.1 cm³/mol. The lowest BCUT2D eigenvalue weighted by molar-refractivity contribution is -0.206. The fraction of sp³-hybridized carbons (Fsp3) is 0.786. The van der Waals surface area contributed by atoms with Crippen molar-refractivity contribution in [1.82, 2.24) is 9.78 Å². The van der Waals surface area contributed by atoms with Gasteiger partial charge in [0.15, 0.2) is 0 Å². The van der Waals surface area contributed by atoms with Gasteiger partial charge in [-0.2, -0.15) is 18.3 Å². The molecular formula is C14H21F3N2O. The van der Waals surface area contributed by atoms with Crippen molar-refractivity contribution in [2.45, 2.75) is 57.9 Å². The first-order valence-electron chi connectivity index (χ1n) is 7.18. The van der Waals surface area contributed by atoms with Gasteiger partial charge in [0.2, 0.25) is 0 Å². The smallest absolute Gasteiger partial charge is 0.392 e. The van der Waals surface area contributed by atoms with Gasteiger partial charge in [0.25, 0.3) is 0 Å². The van der Waals surface area contributed by atoms with Gasteiger partial charge in [-0.25, -0.2) is 0 Å². The Kier molecular flexibility index (Phi) is 4.73. The summed E-state index contributed by atoms with van der Waals surface area (Å²) in [4.78, 5) is 0. The number of aliphatic hydroxyl groups is 1. The maximum atomic E-state index is 13.0. The zero-order valence-corrected chi connectivity index (χ0v) is 11.6. The normalized spacial score (nSPS) is 25.6. The number of aromatic nitrogens is 2. The van der Waals surface area contributed by atoms with E-state index in [9.17, 15) is 18.3 Å². The third-order valence-electron chi connectivity index (χ3n) is 4.19. The lowest BCUT2D eigenvalue weighted by Gasteiger charge is -2.35. The van der Waals surface area contributed by atoms with E-state index in [0.29, 0.717) is 19.4 Å². The first-order chi connectivity index (χ1) is 9.41. The number of aryl methyl sites for hydroxylation is 1. The van der Waals surface area contributed by atoms with E-state index >= 15 is 0 Å². The molecule has 1 aromatic heterocycles. The topological polar surface area (TPSA) is 38.0 Å². The van der Waals surface area contributed by atoms with Crippen molar-refractivity contribution < 1.29 is 18.3 Å². The van der Waals surface area contributed by atoms with Gasteiger partial charge in [-0.15, -0.1) is 0 Å². The number of alkyl halides is 3. The molecular weight excluding hydrogens is 269 g/mol. The molecule has 1 N–H and O–H groups in total. The Balaban J connectivity index is 2.03. The van der Waals surface area contributed by atoms with Crippen molar-refractivity contribution in [2.75, 3.05) is 0 Å². The van der Waals surface area contributed by atoms with Crippen LogP contribution in [0.2, 0.25) is 0 Å². The molecule has 114 valence electrons. The van der Waals surface area contributed by atoms with Crippen LogP contribution in [-0.2, 0) is 13.0 Å². The molecule has 0 saturated heterocycles. The van der Waals surface area contributed by atoms with Crippen LogP contribution >= 0.6 is 0 Å². The van der Waals surface area contributed by atoms with Crippen molar-refractivity contribution in [1.29, 1.82) is 0 Å². The van der Waals surface area contributed by atoms with Crippen molar-refractivity contribution in [3.63, 3.8) is 0 Å². The fourth-order valence-corrected chi connectivity index (χ4v) is 3.10. The maximum absolute atomic E-state index is 13.0. The van der Waals surface area contributed by atoms with E-state index in [-0.39, 0.29) is 12.8 Å². The molecule has 6 heteroatoms.